The number of allylic oxidation sites excluding steroid dienone is 10. The van der Waals surface area contributed by atoms with Gasteiger partial charge in [-0.2, -0.15) is 10.5 Å². The van der Waals surface area contributed by atoms with Gasteiger partial charge in [0.25, 0.3) is 0 Å². The Labute approximate surface area is 120 Å². The van der Waals surface area contributed by atoms with E-state index in [4.69, 9.17) is 10.5 Å². The zero-order valence-corrected chi connectivity index (χ0v) is 11.9. The SMILES string of the molecule is CC1(C)CC(/C=C/C2C=CC=C2)=CC(=C(C#N)C#N)C1. The van der Waals surface area contributed by atoms with Crippen LogP contribution in [0.3, 0.4) is 0 Å². The third kappa shape index (κ3) is 3.37. The molecular weight excluding hydrogens is 244 g/mol. The summed E-state index contributed by atoms with van der Waals surface area (Å²) in [7, 11) is 0. The van der Waals surface area contributed by atoms with Gasteiger partial charge in [0.05, 0.1) is 0 Å². The maximum absolute atomic E-state index is 9.04. The standard InChI is InChI=1S/C18H18N2/c1-18(2)10-15(8-7-14-5-3-4-6-14)9-16(11-18)17(12-19)13-20/h3-9,14H,10-11H2,1-2H3/b8-7+. The second-order valence-electron chi connectivity index (χ2n) is 6.07. The summed E-state index contributed by atoms with van der Waals surface area (Å²) in [6.07, 6.45) is 16.4. The third-order valence-corrected chi connectivity index (χ3v) is 3.57. The van der Waals surface area contributed by atoms with Crippen LogP contribution in [-0.4, -0.2) is 0 Å². The van der Waals surface area contributed by atoms with E-state index in [1.807, 2.05) is 30.4 Å². The molecule has 0 aromatic carbocycles. The average Bonchev–Trinajstić information content (AvgIpc) is 2.89. The maximum Gasteiger partial charge on any atom is 0.132 e. The van der Waals surface area contributed by atoms with Crippen LogP contribution < -0.4 is 0 Å². The van der Waals surface area contributed by atoms with Crippen LogP contribution in [-0.2, 0) is 0 Å². The predicted molar refractivity (Wildman–Crippen MR) is 80.3 cm³/mol. The summed E-state index contributed by atoms with van der Waals surface area (Å²) in [5, 5.41) is 18.1. The van der Waals surface area contributed by atoms with Gasteiger partial charge >= 0.3 is 0 Å². The average molecular weight is 262 g/mol. The fourth-order valence-electron chi connectivity index (χ4n) is 2.70. The van der Waals surface area contributed by atoms with E-state index in [-0.39, 0.29) is 11.0 Å². The second kappa shape index (κ2) is 5.76. The molecule has 0 N–H and O–H groups in total. The largest absolute Gasteiger partial charge is 0.192 e. The van der Waals surface area contributed by atoms with Gasteiger partial charge in [-0.1, -0.05) is 56.4 Å². The Balaban J connectivity index is 2.30. The van der Waals surface area contributed by atoms with Crippen LogP contribution in [0.15, 0.2) is 59.3 Å². The quantitative estimate of drug-likeness (QED) is 0.693. The molecule has 0 aromatic rings. The van der Waals surface area contributed by atoms with E-state index in [2.05, 4.69) is 38.2 Å². The molecule has 2 aliphatic rings. The van der Waals surface area contributed by atoms with Gasteiger partial charge in [-0.05, 0) is 29.4 Å². The summed E-state index contributed by atoms with van der Waals surface area (Å²) in [4.78, 5) is 0. The zero-order valence-electron chi connectivity index (χ0n) is 11.9. The Morgan fingerprint density at radius 1 is 1.20 bits per heavy atom. The fraction of sp³-hybridized carbons (Fsp3) is 0.333. The minimum atomic E-state index is 0.0874. The molecule has 0 bridgehead atoms. The highest BCUT2D eigenvalue weighted by Crippen LogP contribution is 2.39. The lowest BCUT2D eigenvalue weighted by Crippen LogP contribution is -2.17. The van der Waals surface area contributed by atoms with Crippen molar-refractivity contribution in [2.45, 2.75) is 26.7 Å². The molecule has 0 radical (unpaired) electrons. The van der Waals surface area contributed by atoms with Crippen molar-refractivity contribution in [1.82, 2.24) is 0 Å². The molecule has 2 heteroatoms. The van der Waals surface area contributed by atoms with Crippen molar-refractivity contribution >= 4 is 0 Å². The van der Waals surface area contributed by atoms with Crippen molar-refractivity contribution in [3.8, 4) is 12.1 Å². The van der Waals surface area contributed by atoms with Gasteiger partial charge in [0.15, 0.2) is 0 Å². The first-order valence-electron chi connectivity index (χ1n) is 6.81. The zero-order chi connectivity index (χ0) is 14.6. The highest BCUT2D eigenvalue weighted by atomic mass is 14.3. The van der Waals surface area contributed by atoms with Crippen LogP contribution in [0.1, 0.15) is 26.7 Å². The van der Waals surface area contributed by atoms with E-state index in [0.29, 0.717) is 5.92 Å². The van der Waals surface area contributed by atoms with E-state index >= 15 is 0 Å². The minimum Gasteiger partial charge on any atom is -0.192 e. The Morgan fingerprint density at radius 2 is 1.85 bits per heavy atom. The number of hydrogen-bond acceptors (Lipinski definition) is 2. The fourth-order valence-corrected chi connectivity index (χ4v) is 2.70. The molecule has 0 amide bonds. The van der Waals surface area contributed by atoms with E-state index in [9.17, 15) is 0 Å². The lowest BCUT2D eigenvalue weighted by molar-refractivity contribution is 0.354. The van der Waals surface area contributed by atoms with Crippen LogP contribution >= 0.6 is 0 Å². The van der Waals surface area contributed by atoms with Gasteiger partial charge in [0.1, 0.15) is 17.7 Å². The van der Waals surface area contributed by atoms with E-state index in [1.165, 1.54) is 5.57 Å². The van der Waals surface area contributed by atoms with E-state index < -0.39 is 0 Å². The third-order valence-electron chi connectivity index (χ3n) is 3.57. The molecule has 2 rings (SSSR count). The van der Waals surface area contributed by atoms with Gasteiger partial charge in [-0.25, -0.2) is 0 Å². The first-order chi connectivity index (χ1) is 9.54. The van der Waals surface area contributed by atoms with Crippen molar-refractivity contribution in [1.29, 1.82) is 10.5 Å². The molecule has 0 atom stereocenters. The number of rotatable bonds is 2. The van der Waals surface area contributed by atoms with Gasteiger partial charge in [0, 0.05) is 5.92 Å². The molecule has 0 aromatic heterocycles. The molecule has 100 valence electrons. The summed E-state index contributed by atoms with van der Waals surface area (Å²) in [5.41, 5.74) is 2.38. The van der Waals surface area contributed by atoms with Crippen LogP contribution in [0.5, 0.6) is 0 Å². The van der Waals surface area contributed by atoms with Gasteiger partial charge in [0.2, 0.25) is 0 Å². The van der Waals surface area contributed by atoms with Crippen LogP contribution in [0.25, 0.3) is 0 Å². The first kappa shape index (κ1) is 14.1. The smallest absolute Gasteiger partial charge is 0.132 e. The Hall–Kier alpha value is -2.32. The highest BCUT2D eigenvalue weighted by Gasteiger charge is 2.26. The van der Waals surface area contributed by atoms with Crippen molar-refractivity contribution in [2.75, 3.05) is 0 Å². The monoisotopic (exact) mass is 262 g/mol. The van der Waals surface area contributed by atoms with Gasteiger partial charge < -0.3 is 0 Å². The van der Waals surface area contributed by atoms with Gasteiger partial charge in [-0.3, -0.25) is 0 Å². The Morgan fingerprint density at radius 3 is 2.45 bits per heavy atom. The summed E-state index contributed by atoms with van der Waals surface area (Å²) in [6, 6.07) is 4.01. The number of hydrogen-bond donors (Lipinski definition) is 0. The Bertz CT molecular complexity index is 597. The normalized spacial score (nSPS) is 20.8. The molecule has 0 saturated carbocycles. The molecule has 0 heterocycles. The van der Waals surface area contributed by atoms with Crippen molar-refractivity contribution in [2.24, 2.45) is 11.3 Å². The number of nitriles is 2. The minimum absolute atomic E-state index is 0.0874. The van der Waals surface area contributed by atoms with E-state index in [1.54, 1.807) is 0 Å². The molecule has 0 fully saturated rings. The number of nitrogens with zero attached hydrogens (tertiary/aromatic N) is 2. The molecule has 0 spiro atoms. The van der Waals surface area contributed by atoms with Crippen LogP contribution in [0.4, 0.5) is 0 Å². The topological polar surface area (TPSA) is 47.6 Å². The highest BCUT2D eigenvalue weighted by molar-refractivity contribution is 5.49. The summed E-state index contributed by atoms with van der Waals surface area (Å²) >= 11 is 0. The lowest BCUT2D eigenvalue weighted by atomic mass is 9.74. The summed E-state index contributed by atoms with van der Waals surface area (Å²) in [6.45, 7) is 4.35. The maximum atomic E-state index is 9.04. The molecule has 2 nitrogen and oxygen atoms in total. The molecule has 0 aliphatic heterocycles. The summed E-state index contributed by atoms with van der Waals surface area (Å²) < 4.78 is 0. The lowest BCUT2D eigenvalue weighted by Gasteiger charge is -2.30. The Kier molecular flexibility index (Phi) is 4.06. The molecule has 2 aliphatic carbocycles. The van der Waals surface area contributed by atoms with Crippen molar-refractivity contribution in [3.05, 3.63) is 59.3 Å². The molecular formula is C18H18N2. The van der Waals surface area contributed by atoms with Crippen molar-refractivity contribution in [3.63, 3.8) is 0 Å². The summed E-state index contributed by atoms with van der Waals surface area (Å²) in [5.74, 6) is 0.361. The van der Waals surface area contributed by atoms with E-state index in [0.717, 1.165) is 18.4 Å². The molecule has 0 saturated heterocycles. The predicted octanol–water partition coefficient (Wildman–Crippen LogP) is 4.37. The van der Waals surface area contributed by atoms with Gasteiger partial charge in [-0.15, -0.1) is 0 Å². The van der Waals surface area contributed by atoms with Crippen molar-refractivity contribution < 1.29 is 0 Å². The van der Waals surface area contributed by atoms with Crippen LogP contribution in [0.2, 0.25) is 0 Å². The molecule has 0 unspecified atom stereocenters. The first-order valence-corrected chi connectivity index (χ1v) is 6.81. The second-order valence-corrected chi connectivity index (χ2v) is 6.07. The molecule has 20 heavy (non-hydrogen) atoms. The van der Waals surface area contributed by atoms with Crippen LogP contribution in [0, 0.1) is 34.0 Å².